The lowest BCUT2D eigenvalue weighted by Crippen LogP contribution is -2.13. The summed E-state index contributed by atoms with van der Waals surface area (Å²) in [5, 5.41) is 3.23. The fourth-order valence-corrected chi connectivity index (χ4v) is 1.70. The minimum atomic E-state index is -0.776. The summed E-state index contributed by atoms with van der Waals surface area (Å²) in [5.41, 5.74) is 0.844. The van der Waals surface area contributed by atoms with Crippen LogP contribution in [0.15, 0.2) is 18.2 Å². The van der Waals surface area contributed by atoms with Crippen molar-refractivity contribution in [1.29, 1.82) is 0 Å². The van der Waals surface area contributed by atoms with Crippen molar-refractivity contribution < 1.29 is 8.78 Å². The zero-order valence-corrected chi connectivity index (χ0v) is 7.19. The predicted octanol–water partition coefficient (Wildman–Crippen LogP) is 2.39. The Morgan fingerprint density at radius 2 is 2.08 bits per heavy atom. The van der Waals surface area contributed by atoms with Crippen LogP contribution in [0.3, 0.4) is 0 Å². The Bertz CT molecular complexity index is 306. The first-order valence-electron chi connectivity index (χ1n) is 4.46. The van der Waals surface area contributed by atoms with Crippen molar-refractivity contribution in [3.8, 4) is 0 Å². The lowest BCUT2D eigenvalue weighted by atomic mass is 10.1. The van der Waals surface area contributed by atoms with E-state index >= 15 is 0 Å². The largest absolute Gasteiger partial charge is 0.310 e. The van der Waals surface area contributed by atoms with E-state index in [-0.39, 0.29) is 6.04 Å². The van der Waals surface area contributed by atoms with Crippen LogP contribution in [0.2, 0.25) is 0 Å². The van der Waals surface area contributed by atoms with E-state index in [4.69, 9.17) is 0 Å². The summed E-state index contributed by atoms with van der Waals surface area (Å²) in [6, 6.07) is 4.31. The van der Waals surface area contributed by atoms with Crippen molar-refractivity contribution in [2.75, 3.05) is 6.54 Å². The summed E-state index contributed by atoms with van der Waals surface area (Å²) in [6.45, 7) is 0.962. The molecule has 2 rings (SSSR count). The van der Waals surface area contributed by atoms with Gasteiger partial charge < -0.3 is 5.32 Å². The molecule has 0 bridgehead atoms. The van der Waals surface area contributed by atoms with Crippen molar-refractivity contribution in [3.05, 3.63) is 35.4 Å². The second-order valence-electron chi connectivity index (χ2n) is 3.32. The molecule has 1 saturated heterocycles. The Morgan fingerprint density at radius 3 is 2.69 bits per heavy atom. The maximum absolute atomic E-state index is 12.8. The number of benzene rings is 1. The molecule has 1 aliphatic rings. The number of hydrogen-bond donors (Lipinski definition) is 1. The molecule has 3 heteroatoms. The highest BCUT2D eigenvalue weighted by molar-refractivity contribution is 5.21. The van der Waals surface area contributed by atoms with Gasteiger partial charge in [-0.05, 0) is 37.1 Å². The van der Waals surface area contributed by atoms with Crippen molar-refractivity contribution in [3.63, 3.8) is 0 Å². The molecule has 0 spiro atoms. The number of halogens is 2. The van der Waals surface area contributed by atoms with Crippen LogP contribution in [0.5, 0.6) is 0 Å². The van der Waals surface area contributed by atoms with Gasteiger partial charge in [0.15, 0.2) is 11.6 Å². The molecule has 0 radical (unpaired) electrons. The van der Waals surface area contributed by atoms with Crippen LogP contribution < -0.4 is 5.32 Å². The lowest BCUT2D eigenvalue weighted by Gasteiger charge is -2.10. The molecule has 13 heavy (non-hydrogen) atoms. The van der Waals surface area contributed by atoms with Gasteiger partial charge in [-0.2, -0.15) is 0 Å². The summed E-state index contributed by atoms with van der Waals surface area (Å²) in [5.74, 6) is -1.53. The van der Waals surface area contributed by atoms with E-state index in [9.17, 15) is 8.78 Å². The topological polar surface area (TPSA) is 12.0 Å². The van der Waals surface area contributed by atoms with E-state index in [1.807, 2.05) is 0 Å². The standard InChI is InChI=1S/C10H11F2N/c11-8-4-3-7(6-9(8)12)10-2-1-5-13-10/h3-4,6,10,13H,1-2,5H2/t10-/m0/s1. The third-order valence-electron chi connectivity index (χ3n) is 2.41. The Morgan fingerprint density at radius 1 is 1.23 bits per heavy atom. The molecular formula is C10H11F2N. The molecule has 1 aromatic rings. The molecule has 1 nitrogen and oxygen atoms in total. The summed E-state index contributed by atoms with van der Waals surface area (Å²) in [7, 11) is 0. The van der Waals surface area contributed by atoms with E-state index in [0.717, 1.165) is 24.9 Å². The molecule has 1 heterocycles. The number of rotatable bonds is 1. The van der Waals surface area contributed by atoms with Gasteiger partial charge in [-0.15, -0.1) is 0 Å². The molecule has 1 fully saturated rings. The Balaban J connectivity index is 2.25. The molecule has 1 aromatic carbocycles. The zero-order valence-electron chi connectivity index (χ0n) is 7.19. The molecule has 0 aromatic heterocycles. The first-order chi connectivity index (χ1) is 6.27. The zero-order chi connectivity index (χ0) is 9.26. The van der Waals surface area contributed by atoms with E-state index in [1.165, 1.54) is 12.1 Å². The minimum Gasteiger partial charge on any atom is -0.310 e. The second kappa shape index (κ2) is 3.42. The lowest BCUT2D eigenvalue weighted by molar-refractivity contribution is 0.503. The third-order valence-corrected chi connectivity index (χ3v) is 2.41. The van der Waals surface area contributed by atoms with Gasteiger partial charge in [0.25, 0.3) is 0 Å². The van der Waals surface area contributed by atoms with E-state index in [1.54, 1.807) is 6.07 Å². The van der Waals surface area contributed by atoms with Gasteiger partial charge in [-0.25, -0.2) is 8.78 Å². The maximum atomic E-state index is 12.8. The number of nitrogens with one attached hydrogen (secondary N) is 1. The molecule has 1 aliphatic heterocycles. The normalized spacial score (nSPS) is 22.2. The third kappa shape index (κ3) is 1.70. The van der Waals surface area contributed by atoms with Crippen LogP contribution >= 0.6 is 0 Å². The molecule has 0 amide bonds. The smallest absolute Gasteiger partial charge is 0.159 e. The van der Waals surface area contributed by atoms with Gasteiger partial charge >= 0.3 is 0 Å². The van der Waals surface area contributed by atoms with Crippen LogP contribution in [0, 0.1) is 11.6 Å². The van der Waals surface area contributed by atoms with Crippen LogP contribution in [0.25, 0.3) is 0 Å². The highest BCUT2D eigenvalue weighted by atomic mass is 19.2. The maximum Gasteiger partial charge on any atom is 0.159 e. The molecule has 1 atom stereocenters. The molecule has 1 N–H and O–H groups in total. The highest BCUT2D eigenvalue weighted by Crippen LogP contribution is 2.23. The molecule has 0 aliphatic carbocycles. The van der Waals surface area contributed by atoms with Gasteiger partial charge in [0.05, 0.1) is 0 Å². The van der Waals surface area contributed by atoms with Gasteiger partial charge in [0.1, 0.15) is 0 Å². The summed E-state index contributed by atoms with van der Waals surface area (Å²) in [6.07, 6.45) is 2.11. The predicted molar refractivity (Wildman–Crippen MR) is 46.3 cm³/mol. The van der Waals surface area contributed by atoms with Crippen molar-refractivity contribution >= 4 is 0 Å². The molecule has 0 unspecified atom stereocenters. The Kier molecular flexibility index (Phi) is 2.27. The fourth-order valence-electron chi connectivity index (χ4n) is 1.70. The molecule has 0 saturated carbocycles. The number of hydrogen-bond acceptors (Lipinski definition) is 1. The minimum absolute atomic E-state index is 0.204. The van der Waals surface area contributed by atoms with E-state index in [2.05, 4.69) is 5.32 Å². The average Bonchev–Trinajstić information content (AvgIpc) is 2.62. The van der Waals surface area contributed by atoms with Gasteiger partial charge in [0, 0.05) is 6.04 Å². The van der Waals surface area contributed by atoms with Crippen LogP contribution in [0.1, 0.15) is 24.4 Å². The van der Waals surface area contributed by atoms with Crippen molar-refractivity contribution in [2.24, 2.45) is 0 Å². The van der Waals surface area contributed by atoms with Crippen molar-refractivity contribution in [2.45, 2.75) is 18.9 Å². The fraction of sp³-hybridized carbons (Fsp3) is 0.400. The first-order valence-corrected chi connectivity index (χ1v) is 4.46. The van der Waals surface area contributed by atoms with Crippen LogP contribution in [0.4, 0.5) is 8.78 Å². The van der Waals surface area contributed by atoms with E-state index < -0.39 is 11.6 Å². The van der Waals surface area contributed by atoms with Crippen molar-refractivity contribution in [1.82, 2.24) is 5.32 Å². The van der Waals surface area contributed by atoms with Crippen LogP contribution in [-0.2, 0) is 0 Å². The Labute approximate surface area is 75.8 Å². The SMILES string of the molecule is Fc1ccc([C@@H]2CCCN2)cc1F. The molecular weight excluding hydrogens is 172 g/mol. The van der Waals surface area contributed by atoms with Gasteiger partial charge in [-0.1, -0.05) is 6.07 Å². The first kappa shape index (κ1) is 8.63. The quantitative estimate of drug-likeness (QED) is 0.704. The highest BCUT2D eigenvalue weighted by Gasteiger charge is 2.17. The Hall–Kier alpha value is -0.960. The monoisotopic (exact) mass is 183 g/mol. The van der Waals surface area contributed by atoms with Gasteiger partial charge in [-0.3, -0.25) is 0 Å². The van der Waals surface area contributed by atoms with Crippen LogP contribution in [-0.4, -0.2) is 6.54 Å². The summed E-state index contributed by atoms with van der Waals surface area (Å²) >= 11 is 0. The summed E-state index contributed by atoms with van der Waals surface area (Å²) < 4.78 is 25.4. The van der Waals surface area contributed by atoms with E-state index in [0.29, 0.717) is 0 Å². The average molecular weight is 183 g/mol. The summed E-state index contributed by atoms with van der Waals surface area (Å²) in [4.78, 5) is 0. The van der Waals surface area contributed by atoms with Gasteiger partial charge in [0.2, 0.25) is 0 Å². The second-order valence-corrected chi connectivity index (χ2v) is 3.32. The molecule has 70 valence electrons.